The van der Waals surface area contributed by atoms with Gasteiger partial charge in [0.15, 0.2) is 5.78 Å². The number of unbranched alkanes of at least 4 members (excludes halogenated alkanes) is 1. The van der Waals surface area contributed by atoms with Crippen molar-refractivity contribution < 1.29 is 42.9 Å². The fourth-order valence-corrected chi connectivity index (χ4v) is 5.92. The van der Waals surface area contributed by atoms with Crippen LogP contribution >= 0.6 is 22.6 Å². The summed E-state index contributed by atoms with van der Waals surface area (Å²) in [6.45, 7) is 7.63. The zero-order valence-electron chi connectivity index (χ0n) is 28.9. The third kappa shape index (κ3) is 12.3. The Morgan fingerprint density at radius 2 is 1.60 bits per heavy atom. The summed E-state index contributed by atoms with van der Waals surface area (Å²) in [6.07, 6.45) is 0.962. The summed E-state index contributed by atoms with van der Waals surface area (Å²) in [7, 11) is 7.50. The van der Waals surface area contributed by atoms with E-state index >= 15 is 0 Å². The van der Waals surface area contributed by atoms with E-state index in [9.17, 15) is 19.2 Å². The van der Waals surface area contributed by atoms with E-state index in [2.05, 4.69) is 27.9 Å². The lowest BCUT2D eigenvalue weighted by Crippen LogP contribution is -2.46. The van der Waals surface area contributed by atoms with Gasteiger partial charge in [0.2, 0.25) is 5.91 Å². The average Bonchev–Trinajstić information content (AvgIpc) is 3.01. The van der Waals surface area contributed by atoms with Gasteiger partial charge in [-0.2, -0.15) is 0 Å². The molecule has 0 fully saturated rings. The second kappa shape index (κ2) is 18.8. The highest BCUT2D eigenvalue weighted by molar-refractivity contribution is 14.1. The average molecular weight is 769 g/mol. The van der Waals surface area contributed by atoms with Gasteiger partial charge in [0.25, 0.3) is 0 Å². The van der Waals surface area contributed by atoms with Gasteiger partial charge >= 0.3 is 12.1 Å². The number of halogens is 1. The van der Waals surface area contributed by atoms with Crippen molar-refractivity contribution in [2.75, 3.05) is 42.1 Å². The number of carbonyl (C=O) groups is 4. The number of amides is 2. The van der Waals surface area contributed by atoms with E-state index in [1.807, 2.05) is 19.1 Å². The van der Waals surface area contributed by atoms with E-state index in [0.29, 0.717) is 42.9 Å². The molecule has 0 aliphatic heterocycles. The van der Waals surface area contributed by atoms with Gasteiger partial charge in [-0.1, -0.05) is 24.6 Å². The molecule has 0 bridgehead atoms. The number of rotatable bonds is 17. The summed E-state index contributed by atoms with van der Waals surface area (Å²) in [5.41, 5.74) is 1.45. The molecular weight excluding hydrogens is 719 g/mol. The van der Waals surface area contributed by atoms with Crippen LogP contribution in [0, 0.1) is 16.4 Å². The maximum Gasteiger partial charge on any atom is 0.410 e. The summed E-state index contributed by atoms with van der Waals surface area (Å²) in [5.74, 6) is -0.884. The number of nitrogens with zero attached hydrogens (tertiary/aromatic N) is 1. The summed E-state index contributed by atoms with van der Waals surface area (Å²) < 4.78 is 27.3. The SMILES string of the molecule is COCCCC[C@H](CC(=O)[C@H](c1ccc(OC)c(I)c1)N(C)C(=O)OC(C)(C)C)C(=O)N[C@@H](Cc1ccc(OC)c(C)c1)C(=O)OC. The number of methoxy groups -OCH3 is 4. The Morgan fingerprint density at radius 3 is 2.15 bits per heavy atom. The van der Waals surface area contributed by atoms with E-state index in [0.717, 1.165) is 14.7 Å². The summed E-state index contributed by atoms with van der Waals surface area (Å²) in [4.78, 5) is 55.4. The monoisotopic (exact) mass is 768 g/mol. The molecular formula is C35H49IN2O9. The predicted molar refractivity (Wildman–Crippen MR) is 187 cm³/mol. The van der Waals surface area contributed by atoms with Gasteiger partial charge in [0.1, 0.15) is 29.2 Å². The molecule has 260 valence electrons. The molecule has 47 heavy (non-hydrogen) atoms. The molecule has 2 aromatic carbocycles. The van der Waals surface area contributed by atoms with Crippen LogP contribution in [0.2, 0.25) is 0 Å². The fraction of sp³-hybridized carbons (Fsp3) is 0.543. The van der Waals surface area contributed by atoms with E-state index in [4.69, 9.17) is 23.7 Å². The van der Waals surface area contributed by atoms with Crippen LogP contribution in [-0.2, 0) is 35.0 Å². The summed E-state index contributed by atoms with van der Waals surface area (Å²) >= 11 is 2.11. The number of likely N-dealkylation sites (N-methyl/N-ethyl adjacent to an activating group) is 1. The number of aryl methyl sites for hydroxylation is 1. The van der Waals surface area contributed by atoms with Crippen molar-refractivity contribution in [3.05, 3.63) is 56.7 Å². The van der Waals surface area contributed by atoms with Crippen molar-refractivity contribution in [2.24, 2.45) is 5.92 Å². The predicted octanol–water partition coefficient (Wildman–Crippen LogP) is 5.82. The van der Waals surface area contributed by atoms with Crippen LogP contribution in [0.1, 0.15) is 69.2 Å². The van der Waals surface area contributed by atoms with E-state index in [1.54, 1.807) is 66.4 Å². The Morgan fingerprint density at radius 1 is 0.936 bits per heavy atom. The zero-order valence-corrected chi connectivity index (χ0v) is 31.1. The van der Waals surface area contributed by atoms with Crippen molar-refractivity contribution in [1.29, 1.82) is 0 Å². The molecule has 2 rings (SSSR count). The number of ether oxygens (including phenoxy) is 5. The lowest BCUT2D eigenvalue weighted by molar-refractivity contribution is -0.145. The first-order chi connectivity index (χ1) is 22.1. The highest BCUT2D eigenvalue weighted by Crippen LogP contribution is 2.31. The Bertz CT molecular complexity index is 1380. The smallest absolute Gasteiger partial charge is 0.410 e. The molecule has 1 N–H and O–H groups in total. The zero-order chi connectivity index (χ0) is 35.3. The van der Waals surface area contributed by atoms with Crippen LogP contribution in [0.5, 0.6) is 11.5 Å². The minimum atomic E-state index is -1.04. The van der Waals surface area contributed by atoms with Gasteiger partial charge in [-0.3, -0.25) is 14.5 Å². The summed E-state index contributed by atoms with van der Waals surface area (Å²) in [6, 6.07) is 8.73. The first-order valence-electron chi connectivity index (χ1n) is 15.5. The molecule has 2 aromatic rings. The largest absolute Gasteiger partial charge is 0.496 e. The number of esters is 1. The minimum absolute atomic E-state index is 0.182. The van der Waals surface area contributed by atoms with Gasteiger partial charge in [0, 0.05) is 39.5 Å². The van der Waals surface area contributed by atoms with Crippen molar-refractivity contribution >= 4 is 46.3 Å². The molecule has 12 heteroatoms. The van der Waals surface area contributed by atoms with Crippen LogP contribution in [0.3, 0.4) is 0 Å². The quantitative estimate of drug-likeness (QED) is 0.120. The molecule has 0 spiro atoms. The third-order valence-electron chi connectivity index (χ3n) is 7.54. The first-order valence-corrected chi connectivity index (χ1v) is 16.6. The highest BCUT2D eigenvalue weighted by Gasteiger charge is 2.35. The van der Waals surface area contributed by atoms with Crippen LogP contribution in [0.25, 0.3) is 0 Å². The number of hydrogen-bond acceptors (Lipinski definition) is 9. The Kier molecular flexibility index (Phi) is 15.9. The lowest BCUT2D eigenvalue weighted by atomic mass is 9.89. The van der Waals surface area contributed by atoms with Gasteiger partial charge in [-0.15, -0.1) is 0 Å². The number of carbonyl (C=O) groups excluding carboxylic acids is 4. The number of hydrogen-bond donors (Lipinski definition) is 1. The van der Waals surface area contributed by atoms with Gasteiger partial charge < -0.3 is 29.0 Å². The Labute approximate surface area is 292 Å². The summed E-state index contributed by atoms with van der Waals surface area (Å²) in [5, 5.41) is 2.85. The second-order valence-electron chi connectivity index (χ2n) is 12.3. The Balaban J connectivity index is 2.43. The van der Waals surface area contributed by atoms with Crippen LogP contribution in [-0.4, -0.2) is 82.4 Å². The number of nitrogens with one attached hydrogen (secondary N) is 1. The molecule has 3 atom stereocenters. The molecule has 0 unspecified atom stereocenters. The maximum atomic E-state index is 14.2. The van der Waals surface area contributed by atoms with Crippen LogP contribution in [0.4, 0.5) is 4.79 Å². The Hall–Kier alpha value is -3.39. The van der Waals surface area contributed by atoms with Crippen molar-refractivity contribution in [1.82, 2.24) is 10.2 Å². The highest BCUT2D eigenvalue weighted by atomic mass is 127. The molecule has 2 amide bonds. The van der Waals surface area contributed by atoms with Crippen LogP contribution < -0.4 is 14.8 Å². The standard InChI is InChI=1S/C35H49IN2O9/c1-22-18-23(13-15-29(22)44-7)19-27(33(41)46-9)37-32(40)25(12-10-11-17-43-6)21-28(39)31(38(5)34(42)47-35(2,3)4)24-14-16-30(45-8)26(36)20-24/h13-16,18,20,25,27,31H,10-12,17,19,21H2,1-9H3,(H,37,40)/t25-,27+,31+/m1/s1. The normalized spacial score (nSPS) is 13.1. The lowest BCUT2D eigenvalue weighted by Gasteiger charge is -2.31. The van der Waals surface area contributed by atoms with E-state index in [1.165, 1.54) is 19.1 Å². The van der Waals surface area contributed by atoms with Crippen molar-refractivity contribution in [3.8, 4) is 11.5 Å². The van der Waals surface area contributed by atoms with Crippen molar-refractivity contribution in [3.63, 3.8) is 0 Å². The topological polar surface area (TPSA) is 130 Å². The molecule has 11 nitrogen and oxygen atoms in total. The van der Waals surface area contributed by atoms with E-state index in [-0.39, 0.29) is 18.6 Å². The van der Waals surface area contributed by atoms with Gasteiger partial charge in [-0.05, 0) is 98.0 Å². The molecule has 0 heterocycles. The molecule has 0 aromatic heterocycles. The molecule has 0 radical (unpaired) electrons. The van der Waals surface area contributed by atoms with Crippen LogP contribution in [0.15, 0.2) is 36.4 Å². The first kappa shape index (κ1) is 39.8. The van der Waals surface area contributed by atoms with Crippen molar-refractivity contribution in [2.45, 2.75) is 77.5 Å². The number of Topliss-reactive ketones (excluding diaryl/α,β-unsaturated/α-hetero) is 1. The molecule has 0 aliphatic rings. The van der Waals surface area contributed by atoms with E-state index < -0.39 is 41.6 Å². The second-order valence-corrected chi connectivity index (χ2v) is 13.5. The third-order valence-corrected chi connectivity index (χ3v) is 8.38. The molecule has 0 saturated carbocycles. The molecule has 0 aliphatic carbocycles. The molecule has 0 saturated heterocycles. The number of benzene rings is 2. The fourth-order valence-electron chi connectivity index (χ4n) is 5.16. The van der Waals surface area contributed by atoms with Gasteiger partial charge in [-0.25, -0.2) is 9.59 Å². The maximum absolute atomic E-state index is 14.2. The number of ketones is 1. The minimum Gasteiger partial charge on any atom is -0.496 e. The van der Waals surface area contributed by atoms with Gasteiger partial charge in [0.05, 0.1) is 24.9 Å².